The van der Waals surface area contributed by atoms with E-state index < -0.39 is 0 Å². The Morgan fingerprint density at radius 3 is 2.40 bits per heavy atom. The molecule has 0 aliphatic rings. The number of hydrogen-bond donors (Lipinski definition) is 1. The second-order valence-electron chi connectivity index (χ2n) is 4.27. The van der Waals surface area contributed by atoms with Crippen molar-refractivity contribution in [1.29, 1.82) is 0 Å². The third-order valence-corrected chi connectivity index (χ3v) is 4.65. The van der Waals surface area contributed by atoms with Crippen molar-refractivity contribution in [2.75, 3.05) is 0 Å². The van der Waals surface area contributed by atoms with Gasteiger partial charge < -0.3 is 10.5 Å². The molecule has 0 heterocycles. The Hall–Kier alpha value is -0.260. The molecule has 0 aliphatic carbocycles. The first kappa shape index (κ1) is 16.1. The fraction of sp³-hybridized carbons (Fsp3) is 0.143. The standard InChI is InChI=1S/C14H11Br2Cl2NO/c1-7(19)9-3-2-8(15)4-13(9)20-14-6-11(17)10(16)5-12(14)18/h2-7H,19H2,1H3. The van der Waals surface area contributed by atoms with Gasteiger partial charge in [-0.1, -0.05) is 45.2 Å². The second kappa shape index (κ2) is 6.67. The zero-order chi connectivity index (χ0) is 14.9. The van der Waals surface area contributed by atoms with Crippen LogP contribution in [0.2, 0.25) is 10.0 Å². The van der Waals surface area contributed by atoms with Gasteiger partial charge in [0.2, 0.25) is 0 Å². The van der Waals surface area contributed by atoms with E-state index in [-0.39, 0.29) is 6.04 Å². The molecule has 2 aromatic carbocycles. The summed E-state index contributed by atoms with van der Waals surface area (Å²) in [6.07, 6.45) is 0. The molecule has 106 valence electrons. The van der Waals surface area contributed by atoms with E-state index >= 15 is 0 Å². The minimum Gasteiger partial charge on any atom is -0.455 e. The van der Waals surface area contributed by atoms with Gasteiger partial charge in [-0.05, 0) is 41.1 Å². The maximum atomic E-state index is 6.17. The number of nitrogens with two attached hydrogens (primary N) is 1. The van der Waals surface area contributed by atoms with E-state index in [1.807, 2.05) is 25.1 Å². The molecule has 2 rings (SSSR count). The van der Waals surface area contributed by atoms with Gasteiger partial charge in [0.05, 0.1) is 10.0 Å². The second-order valence-corrected chi connectivity index (χ2v) is 6.85. The summed E-state index contributed by atoms with van der Waals surface area (Å²) in [4.78, 5) is 0. The molecule has 0 aliphatic heterocycles. The summed E-state index contributed by atoms with van der Waals surface area (Å²) in [5.74, 6) is 1.13. The molecule has 0 saturated heterocycles. The van der Waals surface area contributed by atoms with Crippen molar-refractivity contribution >= 4 is 55.1 Å². The Kier molecular flexibility index (Phi) is 5.37. The summed E-state index contributed by atoms with van der Waals surface area (Å²) >= 11 is 19.0. The Morgan fingerprint density at radius 2 is 1.75 bits per heavy atom. The Labute approximate surface area is 144 Å². The van der Waals surface area contributed by atoms with Gasteiger partial charge in [-0.25, -0.2) is 0 Å². The number of hydrogen-bond acceptors (Lipinski definition) is 2. The highest BCUT2D eigenvalue weighted by molar-refractivity contribution is 9.10. The van der Waals surface area contributed by atoms with Crippen LogP contribution in [-0.4, -0.2) is 0 Å². The molecule has 2 aromatic rings. The summed E-state index contributed by atoms with van der Waals surface area (Å²) < 4.78 is 7.49. The number of halogens is 4. The van der Waals surface area contributed by atoms with Crippen LogP contribution in [0.3, 0.4) is 0 Å². The SMILES string of the molecule is CC(N)c1ccc(Br)cc1Oc1cc(Cl)c(Br)cc1Cl. The van der Waals surface area contributed by atoms with E-state index in [2.05, 4.69) is 31.9 Å². The first-order valence-electron chi connectivity index (χ1n) is 5.76. The molecular weight excluding hydrogens is 429 g/mol. The van der Waals surface area contributed by atoms with Crippen LogP contribution in [0.25, 0.3) is 0 Å². The van der Waals surface area contributed by atoms with Gasteiger partial charge in [0.15, 0.2) is 0 Å². The third kappa shape index (κ3) is 3.68. The minimum atomic E-state index is -0.150. The lowest BCUT2D eigenvalue weighted by atomic mass is 10.1. The van der Waals surface area contributed by atoms with Crippen LogP contribution >= 0.6 is 55.1 Å². The van der Waals surface area contributed by atoms with Crippen molar-refractivity contribution in [3.05, 3.63) is 54.9 Å². The molecule has 6 heteroatoms. The first-order valence-corrected chi connectivity index (χ1v) is 8.10. The maximum absolute atomic E-state index is 6.17. The van der Waals surface area contributed by atoms with Gasteiger partial charge in [-0.2, -0.15) is 0 Å². The van der Waals surface area contributed by atoms with Crippen LogP contribution in [0, 0.1) is 0 Å². The van der Waals surface area contributed by atoms with Crippen molar-refractivity contribution in [2.45, 2.75) is 13.0 Å². The van der Waals surface area contributed by atoms with Crippen molar-refractivity contribution in [2.24, 2.45) is 5.73 Å². The smallest absolute Gasteiger partial charge is 0.147 e. The van der Waals surface area contributed by atoms with Crippen molar-refractivity contribution in [1.82, 2.24) is 0 Å². The minimum absolute atomic E-state index is 0.150. The van der Waals surface area contributed by atoms with Crippen LogP contribution in [0.4, 0.5) is 0 Å². The molecule has 0 aromatic heterocycles. The van der Waals surface area contributed by atoms with E-state index in [0.717, 1.165) is 14.5 Å². The number of rotatable bonds is 3. The summed E-state index contributed by atoms with van der Waals surface area (Å²) in [5.41, 5.74) is 6.84. The monoisotopic (exact) mass is 437 g/mol. The van der Waals surface area contributed by atoms with Crippen molar-refractivity contribution < 1.29 is 4.74 Å². The van der Waals surface area contributed by atoms with Crippen LogP contribution in [0.5, 0.6) is 11.5 Å². The zero-order valence-electron chi connectivity index (χ0n) is 10.5. The van der Waals surface area contributed by atoms with E-state index in [0.29, 0.717) is 21.5 Å². The fourth-order valence-corrected chi connectivity index (χ4v) is 2.84. The van der Waals surface area contributed by atoms with Gasteiger partial charge in [-0.3, -0.25) is 0 Å². The van der Waals surface area contributed by atoms with Gasteiger partial charge >= 0.3 is 0 Å². The topological polar surface area (TPSA) is 35.2 Å². The van der Waals surface area contributed by atoms with Gasteiger partial charge in [0, 0.05) is 26.6 Å². The Bertz CT molecular complexity index is 647. The van der Waals surface area contributed by atoms with E-state index in [4.69, 9.17) is 33.7 Å². The summed E-state index contributed by atoms with van der Waals surface area (Å²) in [6.45, 7) is 1.90. The average molecular weight is 440 g/mol. The van der Waals surface area contributed by atoms with E-state index in [1.165, 1.54) is 0 Å². The van der Waals surface area contributed by atoms with Gasteiger partial charge in [0.25, 0.3) is 0 Å². The van der Waals surface area contributed by atoms with Crippen LogP contribution in [0.15, 0.2) is 39.3 Å². The molecule has 0 saturated carbocycles. The van der Waals surface area contributed by atoms with E-state index in [9.17, 15) is 0 Å². The molecule has 0 fully saturated rings. The maximum Gasteiger partial charge on any atom is 0.147 e. The largest absolute Gasteiger partial charge is 0.455 e. The average Bonchev–Trinajstić information content (AvgIpc) is 2.35. The summed E-state index contributed by atoms with van der Waals surface area (Å²) in [7, 11) is 0. The lowest BCUT2D eigenvalue weighted by Gasteiger charge is -2.15. The van der Waals surface area contributed by atoms with Gasteiger partial charge in [-0.15, -0.1) is 0 Å². The molecule has 1 unspecified atom stereocenters. The quantitative estimate of drug-likeness (QED) is 0.567. The molecule has 0 radical (unpaired) electrons. The third-order valence-electron chi connectivity index (χ3n) is 2.66. The van der Waals surface area contributed by atoms with Crippen LogP contribution in [0.1, 0.15) is 18.5 Å². The molecule has 20 heavy (non-hydrogen) atoms. The van der Waals surface area contributed by atoms with Crippen LogP contribution in [-0.2, 0) is 0 Å². The predicted octanol–water partition coefficient (Wildman–Crippen LogP) is 6.33. The first-order chi connectivity index (χ1) is 9.38. The Morgan fingerprint density at radius 1 is 1.05 bits per heavy atom. The lowest BCUT2D eigenvalue weighted by Crippen LogP contribution is -2.06. The summed E-state index contributed by atoms with van der Waals surface area (Å²) in [5, 5.41) is 0.999. The fourth-order valence-electron chi connectivity index (χ4n) is 1.67. The summed E-state index contributed by atoms with van der Waals surface area (Å²) in [6, 6.07) is 8.90. The van der Waals surface area contributed by atoms with Crippen LogP contribution < -0.4 is 10.5 Å². The molecule has 2 nitrogen and oxygen atoms in total. The van der Waals surface area contributed by atoms with Crippen molar-refractivity contribution in [3.8, 4) is 11.5 Å². The molecule has 0 amide bonds. The molecule has 1 atom stereocenters. The van der Waals surface area contributed by atoms with E-state index in [1.54, 1.807) is 12.1 Å². The normalized spacial score (nSPS) is 12.3. The van der Waals surface area contributed by atoms with Gasteiger partial charge in [0.1, 0.15) is 11.5 Å². The Balaban J connectivity index is 2.44. The highest BCUT2D eigenvalue weighted by Crippen LogP contribution is 2.38. The highest BCUT2D eigenvalue weighted by atomic mass is 79.9. The van der Waals surface area contributed by atoms with Crippen molar-refractivity contribution in [3.63, 3.8) is 0 Å². The molecule has 0 bridgehead atoms. The zero-order valence-corrected chi connectivity index (χ0v) is 15.1. The number of benzene rings is 2. The molecular formula is C14H11Br2Cl2NO. The molecule has 0 spiro atoms. The predicted molar refractivity (Wildman–Crippen MR) is 91.0 cm³/mol. The molecule has 2 N–H and O–H groups in total. The highest BCUT2D eigenvalue weighted by Gasteiger charge is 2.13. The number of ether oxygens (including phenoxy) is 1. The lowest BCUT2D eigenvalue weighted by molar-refractivity contribution is 0.472.